The van der Waals surface area contributed by atoms with Crippen molar-refractivity contribution >= 4 is 29.1 Å². The van der Waals surface area contributed by atoms with Crippen molar-refractivity contribution < 1.29 is 0 Å². The van der Waals surface area contributed by atoms with Gasteiger partial charge in [-0.3, -0.25) is 0 Å². The second-order valence-corrected chi connectivity index (χ2v) is 3.04. The first-order valence-electron chi connectivity index (χ1n) is 2.95. The van der Waals surface area contributed by atoms with E-state index in [1.165, 1.54) is 24.3 Å². The Kier molecular flexibility index (Phi) is 8.29. The maximum absolute atomic E-state index is 4.14. The van der Waals surface area contributed by atoms with Crippen LogP contribution in [0.1, 0.15) is 12.8 Å². The molecule has 3 heteroatoms. The van der Waals surface area contributed by atoms with Crippen LogP contribution in [0.25, 0.3) is 0 Å². The van der Waals surface area contributed by atoms with Crippen molar-refractivity contribution in [3.8, 4) is 0 Å². The number of hydrogen-bond acceptors (Lipinski definition) is 3. The van der Waals surface area contributed by atoms with Gasteiger partial charge in [-0.1, -0.05) is 0 Å². The van der Waals surface area contributed by atoms with Gasteiger partial charge >= 0.3 is 0 Å². The number of hydrogen-bond donors (Lipinski definition) is 0. The van der Waals surface area contributed by atoms with E-state index in [0.717, 1.165) is 0 Å². The smallest absolute Gasteiger partial charge is 0.0582 e. The molecule has 0 amide bonds. The number of isothiocyanates is 1. The van der Waals surface area contributed by atoms with E-state index in [9.17, 15) is 0 Å². The zero-order valence-electron chi connectivity index (χ0n) is 5.59. The first-order valence-corrected chi connectivity index (χ1v) is 4.52. The fourth-order valence-corrected chi connectivity index (χ4v) is 1.53. The van der Waals surface area contributed by atoms with E-state index in [0.29, 0.717) is 0 Å². The second kappa shape index (κ2) is 8.15. The molecular weight excluding hydrogens is 150 g/mol. The van der Waals surface area contributed by atoms with Crippen LogP contribution in [0.5, 0.6) is 0 Å². The average molecular weight is 161 g/mol. The van der Waals surface area contributed by atoms with E-state index in [-0.39, 0.29) is 0 Å². The summed E-state index contributed by atoms with van der Waals surface area (Å²) in [5.74, 6) is 2.83. The van der Waals surface area contributed by atoms with Crippen molar-refractivity contribution in [2.45, 2.75) is 12.8 Å². The van der Waals surface area contributed by atoms with E-state index in [2.05, 4.69) is 34.1 Å². The highest BCUT2D eigenvalue weighted by Gasteiger charge is 1.95. The van der Waals surface area contributed by atoms with Gasteiger partial charge < -0.3 is 0 Å². The fraction of sp³-hybridized carbons (Fsp3) is 0.833. The quantitative estimate of drug-likeness (QED) is 0.399. The van der Waals surface area contributed by atoms with Crippen LogP contribution in [-0.4, -0.2) is 23.7 Å². The van der Waals surface area contributed by atoms with Gasteiger partial charge in [0.2, 0.25) is 0 Å². The lowest BCUT2D eigenvalue weighted by atomic mass is 10.4. The lowest BCUT2D eigenvalue weighted by Crippen LogP contribution is -1.58. The lowest BCUT2D eigenvalue weighted by Gasteiger charge is -1.69. The molecule has 1 saturated heterocycles. The van der Waals surface area contributed by atoms with E-state index >= 15 is 0 Å². The average Bonchev–Trinajstić information content (AvgIpc) is 2.43. The molecule has 1 fully saturated rings. The Labute approximate surface area is 65.9 Å². The Morgan fingerprint density at radius 2 is 1.89 bits per heavy atom. The number of thiocarbonyl (C=S) groups is 1. The minimum atomic E-state index is 1.42. The van der Waals surface area contributed by atoms with Gasteiger partial charge in [0.15, 0.2) is 0 Å². The Bertz CT molecular complexity index is 85.6. The molecule has 1 rings (SSSR count). The molecule has 1 aliphatic heterocycles. The van der Waals surface area contributed by atoms with Gasteiger partial charge in [0.25, 0.3) is 0 Å². The van der Waals surface area contributed by atoms with E-state index in [4.69, 9.17) is 0 Å². The number of nitrogens with zero attached hydrogens (tertiary/aromatic N) is 1. The molecule has 0 aromatic carbocycles. The molecule has 0 saturated carbocycles. The summed E-state index contributed by atoms with van der Waals surface area (Å²) >= 11 is 6.21. The summed E-state index contributed by atoms with van der Waals surface area (Å²) < 4.78 is 0. The Morgan fingerprint density at radius 3 is 2.00 bits per heavy atom. The Balaban J connectivity index is 0.000000148. The minimum absolute atomic E-state index is 1.42. The lowest BCUT2D eigenvalue weighted by molar-refractivity contribution is 0.949. The molecule has 0 bridgehead atoms. The SMILES string of the molecule is C1CCSC1.CN=C=S. The molecule has 0 unspecified atom stereocenters. The van der Waals surface area contributed by atoms with Crippen LogP contribution in [0.2, 0.25) is 0 Å². The first kappa shape index (κ1) is 9.15. The largest absolute Gasteiger partial charge is 0.236 e. The maximum atomic E-state index is 4.14. The van der Waals surface area contributed by atoms with Crippen LogP contribution in [-0.2, 0) is 0 Å². The number of thioether (sulfide) groups is 1. The third-order valence-electron chi connectivity index (χ3n) is 0.919. The van der Waals surface area contributed by atoms with Gasteiger partial charge in [-0.15, -0.1) is 0 Å². The highest BCUT2D eigenvalue weighted by molar-refractivity contribution is 7.99. The zero-order chi connectivity index (χ0) is 6.95. The van der Waals surface area contributed by atoms with E-state index < -0.39 is 0 Å². The summed E-state index contributed by atoms with van der Waals surface area (Å²) in [6.45, 7) is 0. The highest BCUT2D eigenvalue weighted by atomic mass is 32.2. The molecule has 1 heterocycles. The summed E-state index contributed by atoms with van der Waals surface area (Å²) in [7, 11) is 1.59. The van der Waals surface area contributed by atoms with Gasteiger partial charge in [0.05, 0.1) is 5.16 Å². The molecule has 0 radical (unpaired) electrons. The van der Waals surface area contributed by atoms with Crippen LogP contribution in [0.15, 0.2) is 4.99 Å². The monoisotopic (exact) mass is 161 g/mol. The van der Waals surface area contributed by atoms with Crippen LogP contribution >= 0.6 is 24.0 Å². The zero-order valence-corrected chi connectivity index (χ0v) is 7.23. The van der Waals surface area contributed by atoms with Crippen LogP contribution in [0.3, 0.4) is 0 Å². The standard InChI is InChI=1S/C4H8S.C2H3NS/c1-2-4-5-3-1;1-3-2-4/h1-4H2;1H3. The van der Waals surface area contributed by atoms with Gasteiger partial charge in [-0.2, -0.15) is 11.8 Å². The van der Waals surface area contributed by atoms with Crippen molar-refractivity contribution in [3.05, 3.63) is 0 Å². The van der Waals surface area contributed by atoms with Gasteiger partial charge in [0.1, 0.15) is 0 Å². The van der Waals surface area contributed by atoms with E-state index in [1.54, 1.807) is 7.05 Å². The summed E-state index contributed by atoms with van der Waals surface area (Å²) in [6, 6.07) is 0. The van der Waals surface area contributed by atoms with Crippen molar-refractivity contribution in [3.63, 3.8) is 0 Å². The molecule has 0 spiro atoms. The molecule has 9 heavy (non-hydrogen) atoms. The van der Waals surface area contributed by atoms with Gasteiger partial charge in [-0.05, 0) is 36.6 Å². The van der Waals surface area contributed by atoms with Gasteiger partial charge in [0, 0.05) is 7.05 Å². The summed E-state index contributed by atoms with van der Waals surface area (Å²) in [4.78, 5) is 3.30. The van der Waals surface area contributed by atoms with Crippen LogP contribution in [0, 0.1) is 0 Å². The van der Waals surface area contributed by atoms with Crippen molar-refractivity contribution in [1.82, 2.24) is 0 Å². The Hall–Kier alpha value is 0.150. The molecule has 0 atom stereocenters. The maximum Gasteiger partial charge on any atom is 0.0582 e. The Morgan fingerprint density at radius 1 is 1.44 bits per heavy atom. The van der Waals surface area contributed by atoms with Crippen LogP contribution in [0.4, 0.5) is 0 Å². The normalized spacial score (nSPS) is 15.2. The predicted molar refractivity (Wildman–Crippen MR) is 47.5 cm³/mol. The molecule has 0 N–H and O–H groups in total. The summed E-state index contributed by atoms with van der Waals surface area (Å²) in [6.07, 6.45) is 2.93. The van der Waals surface area contributed by atoms with Crippen molar-refractivity contribution in [2.75, 3.05) is 18.6 Å². The number of rotatable bonds is 0. The predicted octanol–water partition coefficient (Wildman–Crippen LogP) is 2.23. The fourth-order valence-electron chi connectivity index (χ4n) is 0.510. The molecule has 0 aromatic heterocycles. The van der Waals surface area contributed by atoms with Gasteiger partial charge in [-0.25, -0.2) is 4.99 Å². The molecule has 0 aromatic rings. The summed E-state index contributed by atoms with van der Waals surface area (Å²) in [5.41, 5.74) is 0. The summed E-state index contributed by atoms with van der Waals surface area (Å²) in [5, 5.41) is 2.14. The molecule has 52 valence electrons. The second-order valence-electron chi connectivity index (χ2n) is 1.63. The third-order valence-corrected chi connectivity index (χ3v) is 2.26. The molecule has 1 nitrogen and oxygen atoms in total. The minimum Gasteiger partial charge on any atom is -0.236 e. The number of aliphatic imine (C=N–C) groups is 1. The van der Waals surface area contributed by atoms with E-state index in [1.807, 2.05) is 0 Å². The van der Waals surface area contributed by atoms with Crippen molar-refractivity contribution in [1.29, 1.82) is 0 Å². The molecular formula is C6H11NS2. The van der Waals surface area contributed by atoms with Crippen LogP contribution < -0.4 is 0 Å². The molecule has 0 aliphatic carbocycles. The molecule has 1 aliphatic rings. The van der Waals surface area contributed by atoms with Crippen molar-refractivity contribution in [2.24, 2.45) is 4.99 Å². The highest BCUT2D eigenvalue weighted by Crippen LogP contribution is 2.14. The topological polar surface area (TPSA) is 12.4 Å². The third kappa shape index (κ3) is 8.15. The first-order chi connectivity index (χ1) is 4.41.